The molecule has 8 nitrogen and oxygen atoms in total. The minimum atomic E-state index is -4.57. The molecule has 1 N–H and O–H groups in total. The molecule has 0 fully saturated rings. The van der Waals surface area contributed by atoms with Gasteiger partial charge in [-0.1, -0.05) is 6.07 Å². The maximum absolute atomic E-state index is 12.8. The molecule has 2 aromatic heterocycles. The lowest BCUT2D eigenvalue weighted by Crippen LogP contribution is -2.13. The van der Waals surface area contributed by atoms with Crippen molar-refractivity contribution in [2.75, 3.05) is 4.72 Å². The van der Waals surface area contributed by atoms with Crippen molar-refractivity contribution in [3.8, 4) is 23.3 Å². The Morgan fingerprint density at radius 2 is 1.97 bits per heavy atom. The third-order valence-corrected chi connectivity index (χ3v) is 6.38. The zero-order valence-electron chi connectivity index (χ0n) is 16.3. The van der Waals surface area contributed by atoms with Crippen LogP contribution >= 0.6 is 11.3 Å². The molecule has 2 heterocycles. The first-order chi connectivity index (χ1) is 15.7. The zero-order valence-corrected chi connectivity index (χ0v) is 17.9. The van der Waals surface area contributed by atoms with E-state index in [4.69, 9.17) is 4.74 Å². The Bertz CT molecular complexity index is 1440. The van der Waals surface area contributed by atoms with Crippen LogP contribution in [0.2, 0.25) is 0 Å². The number of anilines is 1. The van der Waals surface area contributed by atoms with Crippen LogP contribution in [-0.2, 0) is 16.2 Å². The molecule has 2 aromatic carbocycles. The summed E-state index contributed by atoms with van der Waals surface area (Å²) in [5.41, 5.74) is -0.794. The summed E-state index contributed by atoms with van der Waals surface area (Å²) in [5.74, 6) is 0.281. The van der Waals surface area contributed by atoms with E-state index in [1.807, 2.05) is 6.07 Å². The number of thiazole rings is 1. The van der Waals surface area contributed by atoms with Crippen LogP contribution in [0.15, 0.2) is 71.2 Å². The van der Waals surface area contributed by atoms with E-state index in [1.54, 1.807) is 11.4 Å². The van der Waals surface area contributed by atoms with Crippen molar-refractivity contribution in [1.29, 1.82) is 5.26 Å². The van der Waals surface area contributed by atoms with E-state index in [9.17, 15) is 26.9 Å². The van der Waals surface area contributed by atoms with Crippen LogP contribution < -0.4 is 9.46 Å². The van der Waals surface area contributed by atoms with Gasteiger partial charge in [-0.2, -0.15) is 23.5 Å². The summed E-state index contributed by atoms with van der Waals surface area (Å²) in [5, 5.41) is 14.8. The molecule has 0 aliphatic rings. The van der Waals surface area contributed by atoms with Crippen molar-refractivity contribution in [1.82, 2.24) is 14.8 Å². The fourth-order valence-electron chi connectivity index (χ4n) is 2.74. The number of aromatic nitrogens is 3. The number of rotatable bonds is 6. The van der Waals surface area contributed by atoms with Gasteiger partial charge in [0.1, 0.15) is 17.6 Å². The van der Waals surface area contributed by atoms with Crippen molar-refractivity contribution in [3.05, 3.63) is 77.6 Å². The minimum absolute atomic E-state index is 0.0548. The number of nitrogens with zero attached hydrogens (tertiary/aromatic N) is 4. The first-order valence-corrected chi connectivity index (χ1v) is 11.4. The molecule has 0 spiro atoms. The molecule has 0 saturated carbocycles. The van der Waals surface area contributed by atoms with Crippen molar-refractivity contribution < 1.29 is 26.3 Å². The van der Waals surface area contributed by atoms with Crippen LogP contribution in [0.25, 0.3) is 5.69 Å². The quantitative estimate of drug-likeness (QED) is 0.414. The predicted octanol–water partition coefficient (Wildman–Crippen LogP) is 4.81. The summed E-state index contributed by atoms with van der Waals surface area (Å²) in [4.78, 5) is 3.70. The van der Waals surface area contributed by atoms with Crippen LogP contribution in [0, 0.1) is 11.3 Å². The molecule has 0 radical (unpaired) electrons. The number of nitriles is 1. The monoisotopic (exact) mass is 491 g/mol. The highest BCUT2D eigenvalue weighted by Crippen LogP contribution is 2.31. The molecule has 0 atom stereocenters. The van der Waals surface area contributed by atoms with Crippen LogP contribution in [0.3, 0.4) is 0 Å². The molecule has 33 heavy (non-hydrogen) atoms. The number of hydrogen-bond donors (Lipinski definition) is 1. The second-order valence-electron chi connectivity index (χ2n) is 6.46. The maximum Gasteiger partial charge on any atom is 0.435 e. The first kappa shape index (κ1) is 22.3. The molecule has 168 valence electrons. The van der Waals surface area contributed by atoms with Gasteiger partial charge < -0.3 is 4.74 Å². The van der Waals surface area contributed by atoms with Gasteiger partial charge in [-0.15, -0.1) is 11.3 Å². The Morgan fingerprint density at radius 1 is 1.15 bits per heavy atom. The Labute approximate surface area is 189 Å². The molecule has 0 aliphatic heterocycles. The van der Waals surface area contributed by atoms with Gasteiger partial charge in [-0.05, 0) is 36.4 Å². The number of hydrogen-bond acceptors (Lipinski definition) is 7. The van der Waals surface area contributed by atoms with Gasteiger partial charge in [0.05, 0.1) is 16.1 Å². The molecule has 0 aliphatic carbocycles. The third kappa shape index (κ3) is 4.97. The largest absolute Gasteiger partial charge is 0.456 e. The number of benzene rings is 2. The second kappa shape index (κ2) is 8.57. The van der Waals surface area contributed by atoms with E-state index in [1.165, 1.54) is 36.5 Å². The van der Waals surface area contributed by atoms with Gasteiger partial charge >= 0.3 is 6.18 Å². The van der Waals surface area contributed by atoms with E-state index in [0.29, 0.717) is 5.69 Å². The average molecular weight is 491 g/mol. The van der Waals surface area contributed by atoms with Gasteiger partial charge in [0.2, 0.25) is 0 Å². The summed E-state index contributed by atoms with van der Waals surface area (Å²) in [6.07, 6.45) is -1.96. The number of ether oxygens (including phenoxy) is 1. The summed E-state index contributed by atoms with van der Waals surface area (Å²) in [6.45, 7) is 0. The number of alkyl halides is 3. The van der Waals surface area contributed by atoms with E-state index in [2.05, 4.69) is 14.8 Å². The average Bonchev–Trinajstić information content (AvgIpc) is 3.46. The molecule has 4 aromatic rings. The van der Waals surface area contributed by atoms with Crippen LogP contribution in [-0.4, -0.2) is 23.2 Å². The van der Waals surface area contributed by atoms with E-state index >= 15 is 0 Å². The van der Waals surface area contributed by atoms with Gasteiger partial charge in [0, 0.05) is 23.8 Å². The van der Waals surface area contributed by atoms with Gasteiger partial charge in [-0.25, -0.2) is 18.1 Å². The number of nitrogens with one attached hydrogen (secondary N) is 1. The Morgan fingerprint density at radius 3 is 2.64 bits per heavy atom. The normalized spacial score (nSPS) is 11.7. The van der Waals surface area contributed by atoms with Crippen LogP contribution in [0.4, 0.5) is 18.3 Å². The van der Waals surface area contributed by atoms with E-state index < -0.39 is 21.9 Å². The Balaban J connectivity index is 1.59. The fourth-order valence-corrected chi connectivity index (χ4v) is 4.55. The van der Waals surface area contributed by atoms with Crippen molar-refractivity contribution in [2.24, 2.45) is 0 Å². The van der Waals surface area contributed by atoms with Gasteiger partial charge in [-0.3, -0.25) is 4.72 Å². The summed E-state index contributed by atoms with van der Waals surface area (Å²) < 4.78 is 72.5. The molecule has 0 unspecified atom stereocenters. The fraction of sp³-hybridized carbons (Fsp3) is 0.0500. The van der Waals surface area contributed by atoms with E-state index in [-0.39, 0.29) is 27.1 Å². The smallest absolute Gasteiger partial charge is 0.435 e. The second-order valence-corrected chi connectivity index (χ2v) is 9.03. The lowest BCUT2D eigenvalue weighted by atomic mass is 10.2. The molecule has 0 amide bonds. The summed E-state index contributed by atoms with van der Waals surface area (Å²) in [6, 6.07) is 12.5. The maximum atomic E-state index is 12.8. The van der Waals surface area contributed by atoms with Crippen LogP contribution in [0.1, 0.15) is 11.3 Å². The Hall–Kier alpha value is -3.89. The highest BCUT2D eigenvalue weighted by molar-refractivity contribution is 7.93. The molecule has 4 rings (SSSR count). The topological polar surface area (TPSA) is 110 Å². The minimum Gasteiger partial charge on any atom is -0.456 e. The number of halogens is 3. The molecular formula is C20H12F3N5O3S2. The summed E-state index contributed by atoms with van der Waals surface area (Å²) in [7, 11) is -3.97. The van der Waals surface area contributed by atoms with Crippen LogP contribution in [0.5, 0.6) is 11.5 Å². The molecule has 0 saturated heterocycles. The van der Waals surface area contributed by atoms with Gasteiger partial charge in [0.25, 0.3) is 10.0 Å². The van der Waals surface area contributed by atoms with Crippen molar-refractivity contribution in [3.63, 3.8) is 0 Å². The highest BCUT2D eigenvalue weighted by atomic mass is 32.2. The molecular weight excluding hydrogens is 479 g/mol. The molecule has 13 heteroatoms. The lowest BCUT2D eigenvalue weighted by molar-refractivity contribution is -0.141. The standard InChI is InChI=1S/C20H12F3N5O3S2/c21-20(22,23)18-6-8-28(26-18)14-2-1-3-15(11-14)31-17-5-4-16(10-13(17)12-24)33(29,30)27-19-25-7-9-32-19/h1-11H,(H,25,27). The van der Waals surface area contributed by atoms with Gasteiger partial charge in [0.15, 0.2) is 10.8 Å². The first-order valence-electron chi connectivity index (χ1n) is 9.03. The number of sulfonamides is 1. The molecule has 0 bridgehead atoms. The van der Waals surface area contributed by atoms with Crippen molar-refractivity contribution in [2.45, 2.75) is 11.1 Å². The SMILES string of the molecule is N#Cc1cc(S(=O)(=O)Nc2nccs2)ccc1Oc1cccc(-n2ccc(C(F)(F)F)n2)c1. The predicted molar refractivity (Wildman–Crippen MR) is 113 cm³/mol. The highest BCUT2D eigenvalue weighted by Gasteiger charge is 2.33. The third-order valence-electron chi connectivity index (χ3n) is 4.23. The lowest BCUT2D eigenvalue weighted by Gasteiger charge is -2.11. The summed E-state index contributed by atoms with van der Waals surface area (Å²) >= 11 is 1.10. The van der Waals surface area contributed by atoms with Crippen molar-refractivity contribution >= 4 is 26.5 Å². The Kier molecular flexibility index (Phi) is 5.79. The van der Waals surface area contributed by atoms with E-state index in [0.717, 1.165) is 34.3 Å². The zero-order chi connectivity index (χ0) is 23.6.